The van der Waals surface area contributed by atoms with Crippen molar-refractivity contribution in [2.75, 3.05) is 0 Å². The van der Waals surface area contributed by atoms with Crippen molar-refractivity contribution in [2.45, 2.75) is 0 Å². The van der Waals surface area contributed by atoms with Crippen molar-refractivity contribution in [3.63, 3.8) is 0 Å². The second kappa shape index (κ2) is 10.4. The van der Waals surface area contributed by atoms with Crippen LogP contribution in [-0.2, 0) is 0 Å². The highest BCUT2D eigenvalue weighted by Crippen LogP contribution is 2.29. The number of hydrogen-bond donors (Lipinski definition) is 0. The molecular formula is C33H22IN3. The lowest BCUT2D eigenvalue weighted by atomic mass is 10.0. The van der Waals surface area contributed by atoms with Gasteiger partial charge >= 0.3 is 0 Å². The summed E-state index contributed by atoms with van der Waals surface area (Å²) in [5.41, 5.74) is 7.57. The van der Waals surface area contributed by atoms with Gasteiger partial charge in [-0.3, -0.25) is 0 Å². The van der Waals surface area contributed by atoms with Gasteiger partial charge in [-0.2, -0.15) is 0 Å². The molecule has 0 unspecified atom stereocenters. The first kappa shape index (κ1) is 23.3. The van der Waals surface area contributed by atoms with Crippen LogP contribution in [0.2, 0.25) is 0 Å². The van der Waals surface area contributed by atoms with Crippen LogP contribution in [0.4, 0.5) is 0 Å². The van der Waals surface area contributed by atoms with E-state index in [1.807, 2.05) is 24.3 Å². The van der Waals surface area contributed by atoms with Gasteiger partial charge < -0.3 is 0 Å². The van der Waals surface area contributed by atoms with E-state index in [1.54, 1.807) is 0 Å². The Hall–Kier alpha value is -4.16. The summed E-state index contributed by atoms with van der Waals surface area (Å²) in [6.45, 7) is 0. The molecule has 4 heteroatoms. The molecule has 1 heterocycles. The van der Waals surface area contributed by atoms with Crippen LogP contribution in [0.1, 0.15) is 0 Å². The molecule has 3 nitrogen and oxygen atoms in total. The summed E-state index contributed by atoms with van der Waals surface area (Å²) < 4.78 is 1.14. The zero-order valence-electron chi connectivity index (χ0n) is 19.9. The average molecular weight is 587 g/mol. The molecule has 0 saturated carbocycles. The fourth-order valence-corrected chi connectivity index (χ4v) is 4.82. The van der Waals surface area contributed by atoms with Gasteiger partial charge in [0.2, 0.25) is 0 Å². The van der Waals surface area contributed by atoms with E-state index in [0.29, 0.717) is 17.5 Å². The maximum absolute atomic E-state index is 4.90. The Morgan fingerprint density at radius 2 is 0.676 bits per heavy atom. The quantitative estimate of drug-likeness (QED) is 0.189. The normalized spacial score (nSPS) is 10.8. The molecule has 0 atom stereocenters. The molecule has 0 radical (unpaired) electrons. The third-order valence-corrected chi connectivity index (χ3v) is 6.89. The first-order chi connectivity index (χ1) is 18.2. The van der Waals surface area contributed by atoms with Crippen LogP contribution in [0.15, 0.2) is 133 Å². The molecule has 0 saturated heterocycles. The third kappa shape index (κ3) is 5.20. The van der Waals surface area contributed by atoms with E-state index in [1.165, 1.54) is 11.1 Å². The summed E-state index contributed by atoms with van der Waals surface area (Å²) in [5.74, 6) is 1.98. The summed E-state index contributed by atoms with van der Waals surface area (Å²) in [6, 6.07) is 45.8. The molecule has 0 aliphatic rings. The molecule has 6 aromatic rings. The lowest BCUT2D eigenvalue weighted by molar-refractivity contribution is 1.07. The lowest BCUT2D eigenvalue weighted by Gasteiger charge is -2.10. The Labute approximate surface area is 230 Å². The largest absolute Gasteiger partial charge is 0.208 e. The van der Waals surface area contributed by atoms with E-state index in [4.69, 9.17) is 15.0 Å². The molecule has 0 aliphatic carbocycles. The van der Waals surface area contributed by atoms with Gasteiger partial charge in [0.05, 0.1) is 0 Å². The van der Waals surface area contributed by atoms with Crippen molar-refractivity contribution in [1.82, 2.24) is 15.0 Å². The minimum Gasteiger partial charge on any atom is -0.208 e. The van der Waals surface area contributed by atoms with Gasteiger partial charge in [-0.25, -0.2) is 15.0 Å². The Morgan fingerprint density at radius 3 is 1.11 bits per heavy atom. The van der Waals surface area contributed by atoms with Crippen LogP contribution in [-0.4, -0.2) is 15.0 Å². The highest BCUT2D eigenvalue weighted by molar-refractivity contribution is 14.1. The van der Waals surface area contributed by atoms with Crippen molar-refractivity contribution in [1.29, 1.82) is 0 Å². The summed E-state index contributed by atoms with van der Waals surface area (Å²) in [4.78, 5) is 14.7. The average Bonchev–Trinajstić information content (AvgIpc) is 2.98. The number of nitrogens with zero attached hydrogens (tertiary/aromatic N) is 3. The summed E-state index contributed by atoms with van der Waals surface area (Å²) in [6.07, 6.45) is 0. The van der Waals surface area contributed by atoms with Crippen LogP contribution < -0.4 is 0 Å². The van der Waals surface area contributed by atoms with Gasteiger partial charge in [-0.05, 0) is 57.0 Å². The molecule has 176 valence electrons. The van der Waals surface area contributed by atoms with E-state index in [-0.39, 0.29) is 0 Å². The van der Waals surface area contributed by atoms with Crippen LogP contribution in [0.5, 0.6) is 0 Å². The van der Waals surface area contributed by atoms with Crippen LogP contribution in [0.25, 0.3) is 56.4 Å². The van der Waals surface area contributed by atoms with E-state index < -0.39 is 0 Å². The number of halogens is 1. The van der Waals surface area contributed by atoms with Crippen molar-refractivity contribution in [3.05, 3.63) is 137 Å². The zero-order chi connectivity index (χ0) is 25.0. The van der Waals surface area contributed by atoms with Gasteiger partial charge in [-0.15, -0.1) is 0 Å². The summed E-state index contributed by atoms with van der Waals surface area (Å²) >= 11 is 2.32. The fourth-order valence-electron chi connectivity index (χ4n) is 4.28. The molecule has 0 aliphatic heterocycles. The first-order valence-electron chi connectivity index (χ1n) is 12.1. The summed E-state index contributed by atoms with van der Waals surface area (Å²) in [7, 11) is 0. The predicted molar refractivity (Wildman–Crippen MR) is 160 cm³/mol. The molecule has 0 fully saturated rings. The van der Waals surface area contributed by atoms with E-state index in [0.717, 1.165) is 31.4 Å². The SMILES string of the molecule is Ic1cccc(-c2nc(-c3ccc(-c4ccccc4)cc3)nc(-c3ccc(-c4ccccc4)cc3)n2)c1. The van der Waals surface area contributed by atoms with Crippen LogP contribution in [0.3, 0.4) is 0 Å². The fraction of sp³-hybridized carbons (Fsp3) is 0. The van der Waals surface area contributed by atoms with Gasteiger partial charge in [-0.1, -0.05) is 121 Å². The van der Waals surface area contributed by atoms with Crippen molar-refractivity contribution < 1.29 is 0 Å². The molecule has 0 N–H and O–H groups in total. The zero-order valence-corrected chi connectivity index (χ0v) is 22.1. The molecular weight excluding hydrogens is 565 g/mol. The lowest BCUT2D eigenvalue weighted by Crippen LogP contribution is -2.00. The molecule has 37 heavy (non-hydrogen) atoms. The highest BCUT2D eigenvalue weighted by atomic mass is 127. The van der Waals surface area contributed by atoms with Gasteiger partial charge in [0.1, 0.15) is 0 Å². The van der Waals surface area contributed by atoms with Crippen LogP contribution in [0, 0.1) is 3.57 Å². The molecule has 0 amide bonds. The predicted octanol–water partition coefficient (Wildman–Crippen LogP) is 8.81. The monoisotopic (exact) mass is 587 g/mol. The standard InChI is InChI=1S/C33H22IN3/c34-30-13-7-12-29(22-30)33-36-31(27-18-14-25(15-19-27)23-8-3-1-4-9-23)35-32(37-33)28-20-16-26(17-21-28)24-10-5-2-6-11-24/h1-22H. The molecule has 0 bridgehead atoms. The minimum absolute atomic E-state index is 0.658. The molecule has 5 aromatic carbocycles. The summed E-state index contributed by atoms with van der Waals surface area (Å²) in [5, 5.41) is 0. The highest BCUT2D eigenvalue weighted by Gasteiger charge is 2.13. The van der Waals surface area contributed by atoms with Gasteiger partial charge in [0, 0.05) is 20.3 Å². The van der Waals surface area contributed by atoms with Crippen molar-refractivity contribution >= 4 is 22.6 Å². The first-order valence-corrected chi connectivity index (χ1v) is 13.1. The van der Waals surface area contributed by atoms with E-state index >= 15 is 0 Å². The second-order valence-corrected chi connectivity index (χ2v) is 9.95. The Bertz CT molecular complexity index is 1550. The van der Waals surface area contributed by atoms with Gasteiger partial charge in [0.15, 0.2) is 17.5 Å². The minimum atomic E-state index is 0.658. The van der Waals surface area contributed by atoms with Crippen molar-refractivity contribution in [2.24, 2.45) is 0 Å². The molecule has 6 rings (SSSR count). The van der Waals surface area contributed by atoms with Crippen LogP contribution >= 0.6 is 22.6 Å². The number of aromatic nitrogens is 3. The van der Waals surface area contributed by atoms with E-state index in [2.05, 4.69) is 132 Å². The topological polar surface area (TPSA) is 38.7 Å². The smallest absolute Gasteiger partial charge is 0.164 e. The van der Waals surface area contributed by atoms with E-state index in [9.17, 15) is 0 Å². The number of rotatable bonds is 5. The number of hydrogen-bond acceptors (Lipinski definition) is 3. The maximum Gasteiger partial charge on any atom is 0.164 e. The Morgan fingerprint density at radius 1 is 0.324 bits per heavy atom. The Kier molecular flexibility index (Phi) is 6.57. The Balaban J connectivity index is 1.42. The molecule has 1 aromatic heterocycles. The maximum atomic E-state index is 4.90. The van der Waals surface area contributed by atoms with Crippen molar-refractivity contribution in [3.8, 4) is 56.4 Å². The third-order valence-electron chi connectivity index (χ3n) is 6.22. The number of benzene rings is 5. The van der Waals surface area contributed by atoms with Gasteiger partial charge in [0.25, 0.3) is 0 Å². The molecule has 0 spiro atoms. The second-order valence-electron chi connectivity index (χ2n) is 8.70.